The average Bonchev–Trinajstić information content (AvgIpc) is 2.34. The van der Waals surface area contributed by atoms with E-state index in [0.29, 0.717) is 0 Å². The van der Waals surface area contributed by atoms with Crippen LogP contribution in [0.1, 0.15) is 5.56 Å². The Morgan fingerprint density at radius 1 is 1.39 bits per heavy atom. The summed E-state index contributed by atoms with van der Waals surface area (Å²) in [7, 11) is -2.13. The molecule has 1 aliphatic rings. The van der Waals surface area contributed by atoms with Crippen LogP contribution in [-0.4, -0.2) is 41.8 Å². The molecule has 1 aromatic carbocycles. The third kappa shape index (κ3) is 2.27. The normalized spacial score (nSPS) is 24.2. The van der Waals surface area contributed by atoms with E-state index in [2.05, 4.69) is 6.58 Å². The largest absolute Gasteiger partial charge is 0.385 e. The second-order valence-electron chi connectivity index (χ2n) is 4.29. The van der Waals surface area contributed by atoms with Crippen molar-refractivity contribution in [3.63, 3.8) is 0 Å². The predicted molar refractivity (Wildman–Crippen MR) is 68.7 cm³/mol. The van der Waals surface area contributed by atoms with Crippen LogP contribution in [-0.2, 0) is 16.8 Å². The second-order valence-corrected chi connectivity index (χ2v) is 6.25. The van der Waals surface area contributed by atoms with Crippen molar-refractivity contribution in [1.82, 2.24) is 8.61 Å². The molecule has 1 aromatic rings. The van der Waals surface area contributed by atoms with Crippen LogP contribution in [0.2, 0.25) is 0 Å². The molecule has 98 valence electrons. The zero-order valence-electron chi connectivity index (χ0n) is 10.2. The van der Waals surface area contributed by atoms with Gasteiger partial charge in [0.25, 0.3) is 0 Å². The van der Waals surface area contributed by atoms with E-state index in [4.69, 9.17) is 0 Å². The molecule has 6 heteroatoms. The molecule has 5 nitrogen and oxygen atoms in total. The molecule has 1 saturated heterocycles. The monoisotopic (exact) mass is 268 g/mol. The number of benzene rings is 1. The lowest BCUT2D eigenvalue weighted by Crippen LogP contribution is -2.51. The molecule has 0 radical (unpaired) electrons. The fourth-order valence-electron chi connectivity index (χ4n) is 1.86. The van der Waals surface area contributed by atoms with Crippen LogP contribution < -0.4 is 0 Å². The zero-order valence-corrected chi connectivity index (χ0v) is 11.0. The Balaban J connectivity index is 2.31. The maximum atomic E-state index is 12.2. The number of rotatable bonds is 2. The number of nitrogens with zero attached hydrogens (tertiary/aromatic N) is 2. The Hall–Kier alpha value is -1.37. The molecule has 1 heterocycles. The summed E-state index contributed by atoms with van der Waals surface area (Å²) < 4.78 is 26.6. The summed E-state index contributed by atoms with van der Waals surface area (Å²) in [5.41, 5.74) is 1.07. The standard InChI is InChI=1S/C12H16N2O3S/c1-10-12(15)9-13(2)18(16,17)14(10)8-11-6-4-3-5-7-11/h3-7,12,15H,1,8-9H2,2H3. The molecule has 18 heavy (non-hydrogen) atoms. The van der Waals surface area contributed by atoms with Gasteiger partial charge in [-0.05, 0) is 5.56 Å². The number of aliphatic hydroxyl groups is 1. The number of β-amino-alcohol motifs (C(OH)–C–C–N with tert-alkyl or cyclic N) is 1. The Morgan fingerprint density at radius 2 is 2.00 bits per heavy atom. The molecule has 0 spiro atoms. The van der Waals surface area contributed by atoms with Gasteiger partial charge in [0.1, 0.15) is 6.10 Å². The number of hydrogen-bond donors (Lipinski definition) is 1. The van der Waals surface area contributed by atoms with Crippen molar-refractivity contribution in [1.29, 1.82) is 0 Å². The maximum absolute atomic E-state index is 12.2. The average molecular weight is 268 g/mol. The van der Waals surface area contributed by atoms with Gasteiger partial charge < -0.3 is 5.11 Å². The van der Waals surface area contributed by atoms with E-state index in [1.807, 2.05) is 30.3 Å². The van der Waals surface area contributed by atoms with E-state index in [-0.39, 0.29) is 18.8 Å². The maximum Gasteiger partial charge on any atom is 0.304 e. The predicted octanol–water partition coefficient (Wildman–Crippen LogP) is 0.553. The highest BCUT2D eigenvalue weighted by Gasteiger charge is 2.37. The fourth-order valence-corrected chi connectivity index (χ4v) is 3.25. The van der Waals surface area contributed by atoms with E-state index >= 15 is 0 Å². The van der Waals surface area contributed by atoms with Gasteiger partial charge in [0, 0.05) is 13.6 Å². The molecular weight excluding hydrogens is 252 g/mol. The topological polar surface area (TPSA) is 60.9 Å². The summed E-state index contributed by atoms with van der Waals surface area (Å²) in [4.78, 5) is 0. The molecule has 1 atom stereocenters. The molecule has 2 rings (SSSR count). The minimum atomic E-state index is -3.58. The number of likely N-dealkylation sites (N-methyl/N-ethyl adjacent to an activating group) is 1. The highest BCUT2D eigenvalue weighted by molar-refractivity contribution is 7.86. The minimum Gasteiger partial charge on any atom is -0.385 e. The van der Waals surface area contributed by atoms with Crippen LogP contribution >= 0.6 is 0 Å². The summed E-state index contributed by atoms with van der Waals surface area (Å²) in [5.74, 6) is 0. The Labute approximate surface area is 107 Å². The highest BCUT2D eigenvalue weighted by Crippen LogP contribution is 2.25. The summed E-state index contributed by atoms with van der Waals surface area (Å²) in [5, 5.41) is 9.78. The lowest BCUT2D eigenvalue weighted by atomic mass is 10.2. The molecule has 0 amide bonds. The molecule has 0 saturated carbocycles. The van der Waals surface area contributed by atoms with E-state index in [1.165, 1.54) is 7.05 Å². The SMILES string of the molecule is C=C1C(O)CN(C)S(=O)(=O)N1Cc1ccccc1. The lowest BCUT2D eigenvalue weighted by molar-refractivity contribution is 0.142. The first kappa shape index (κ1) is 13.1. The molecule has 1 aliphatic heterocycles. The van der Waals surface area contributed by atoms with Gasteiger partial charge in [0.15, 0.2) is 0 Å². The minimum absolute atomic E-state index is 0.0481. The van der Waals surface area contributed by atoms with Crippen molar-refractivity contribution in [3.8, 4) is 0 Å². The summed E-state index contributed by atoms with van der Waals surface area (Å²) in [6, 6.07) is 9.22. The van der Waals surface area contributed by atoms with E-state index in [1.54, 1.807) is 0 Å². The Morgan fingerprint density at radius 3 is 2.61 bits per heavy atom. The first-order valence-corrected chi connectivity index (χ1v) is 6.97. The van der Waals surface area contributed by atoms with Crippen molar-refractivity contribution in [2.24, 2.45) is 0 Å². The van der Waals surface area contributed by atoms with Gasteiger partial charge in [0.2, 0.25) is 0 Å². The number of aliphatic hydroxyl groups excluding tert-OH is 1. The van der Waals surface area contributed by atoms with Crippen LogP contribution in [0.3, 0.4) is 0 Å². The summed E-state index contributed by atoms with van der Waals surface area (Å²) in [6.07, 6.45) is -0.859. The van der Waals surface area contributed by atoms with Crippen LogP contribution in [0.4, 0.5) is 0 Å². The van der Waals surface area contributed by atoms with Gasteiger partial charge in [-0.25, -0.2) is 0 Å². The third-order valence-electron chi connectivity index (χ3n) is 2.98. The van der Waals surface area contributed by atoms with E-state index in [9.17, 15) is 13.5 Å². The quantitative estimate of drug-likeness (QED) is 0.852. The van der Waals surface area contributed by atoms with E-state index in [0.717, 1.165) is 14.2 Å². The third-order valence-corrected chi connectivity index (χ3v) is 4.83. The molecule has 1 unspecified atom stereocenters. The van der Waals surface area contributed by atoms with Gasteiger partial charge in [-0.15, -0.1) is 0 Å². The molecule has 1 fully saturated rings. The second kappa shape index (κ2) is 4.72. The fraction of sp³-hybridized carbons (Fsp3) is 0.333. The first-order valence-electron chi connectivity index (χ1n) is 5.57. The van der Waals surface area contributed by atoms with Gasteiger partial charge in [-0.2, -0.15) is 12.7 Å². The van der Waals surface area contributed by atoms with Crippen LogP contribution in [0.15, 0.2) is 42.6 Å². The van der Waals surface area contributed by atoms with Gasteiger partial charge in [-0.1, -0.05) is 36.9 Å². The van der Waals surface area contributed by atoms with Gasteiger partial charge in [0.05, 0.1) is 12.2 Å². The lowest BCUT2D eigenvalue weighted by Gasteiger charge is -2.38. The molecule has 0 aromatic heterocycles. The van der Waals surface area contributed by atoms with E-state index < -0.39 is 16.3 Å². The molecule has 0 bridgehead atoms. The summed E-state index contributed by atoms with van der Waals surface area (Å²) in [6.45, 7) is 3.90. The van der Waals surface area contributed by atoms with Crippen molar-refractivity contribution >= 4 is 10.2 Å². The van der Waals surface area contributed by atoms with Crippen LogP contribution in [0.25, 0.3) is 0 Å². The first-order chi connectivity index (χ1) is 8.43. The molecular formula is C12H16N2O3S. The Bertz CT molecular complexity index is 542. The number of hydrogen-bond acceptors (Lipinski definition) is 3. The molecule has 1 N–H and O–H groups in total. The zero-order chi connectivity index (χ0) is 13.3. The smallest absolute Gasteiger partial charge is 0.304 e. The van der Waals surface area contributed by atoms with Crippen molar-refractivity contribution in [2.45, 2.75) is 12.6 Å². The van der Waals surface area contributed by atoms with Crippen LogP contribution in [0.5, 0.6) is 0 Å². The highest BCUT2D eigenvalue weighted by atomic mass is 32.2. The van der Waals surface area contributed by atoms with Crippen molar-refractivity contribution in [3.05, 3.63) is 48.2 Å². The van der Waals surface area contributed by atoms with Gasteiger partial charge in [-0.3, -0.25) is 4.31 Å². The van der Waals surface area contributed by atoms with Crippen molar-refractivity contribution in [2.75, 3.05) is 13.6 Å². The molecule has 0 aliphatic carbocycles. The Kier molecular flexibility index (Phi) is 3.43. The van der Waals surface area contributed by atoms with Crippen LogP contribution in [0, 0.1) is 0 Å². The van der Waals surface area contributed by atoms with Gasteiger partial charge >= 0.3 is 10.2 Å². The van der Waals surface area contributed by atoms with Crippen molar-refractivity contribution < 1.29 is 13.5 Å². The summed E-state index contributed by atoms with van der Waals surface area (Å²) >= 11 is 0.